The van der Waals surface area contributed by atoms with Gasteiger partial charge in [0.1, 0.15) is 0 Å². The van der Waals surface area contributed by atoms with E-state index in [0.29, 0.717) is 0 Å². The molecule has 1 aromatic rings. The van der Waals surface area contributed by atoms with Crippen LogP contribution in [0.2, 0.25) is 0 Å². The van der Waals surface area contributed by atoms with Crippen molar-refractivity contribution in [2.45, 2.75) is 32.7 Å². The molecule has 0 spiro atoms. The average Bonchev–Trinajstić information content (AvgIpc) is 2.86. The van der Waals surface area contributed by atoms with Crippen molar-refractivity contribution in [1.82, 2.24) is 4.90 Å². The lowest BCUT2D eigenvalue weighted by atomic mass is 10.0. The highest BCUT2D eigenvalue weighted by Crippen LogP contribution is 2.27. The van der Waals surface area contributed by atoms with Gasteiger partial charge in [0.05, 0.1) is 4.92 Å². The van der Waals surface area contributed by atoms with Crippen LogP contribution in [0, 0.1) is 16.0 Å². The predicted octanol–water partition coefficient (Wildman–Crippen LogP) is 3.26. The minimum atomic E-state index is -0.327. The summed E-state index contributed by atoms with van der Waals surface area (Å²) in [6, 6.07) is 5.05. The van der Waals surface area contributed by atoms with Crippen LogP contribution in [0.15, 0.2) is 18.2 Å². The van der Waals surface area contributed by atoms with Gasteiger partial charge in [0, 0.05) is 38.0 Å². The van der Waals surface area contributed by atoms with E-state index in [4.69, 9.17) is 0 Å². The quantitative estimate of drug-likeness (QED) is 0.640. The van der Waals surface area contributed by atoms with Crippen LogP contribution < -0.4 is 5.32 Å². The molecule has 0 aliphatic carbocycles. The lowest BCUT2D eigenvalue weighted by molar-refractivity contribution is -0.384. The zero-order valence-corrected chi connectivity index (χ0v) is 12.3. The van der Waals surface area contributed by atoms with E-state index < -0.39 is 0 Å². The van der Waals surface area contributed by atoms with Gasteiger partial charge in [0.15, 0.2) is 0 Å². The van der Waals surface area contributed by atoms with Crippen LogP contribution in [-0.4, -0.2) is 30.0 Å². The Bertz CT molecular complexity index is 476. The number of non-ortho nitro benzene ring substituents is 1. The monoisotopic (exact) mass is 277 g/mol. The van der Waals surface area contributed by atoms with Crippen LogP contribution in [0.5, 0.6) is 0 Å². The van der Waals surface area contributed by atoms with Crippen LogP contribution in [0.25, 0.3) is 0 Å². The van der Waals surface area contributed by atoms with Gasteiger partial charge >= 0.3 is 0 Å². The van der Waals surface area contributed by atoms with Gasteiger partial charge in [0.25, 0.3) is 5.69 Å². The summed E-state index contributed by atoms with van der Waals surface area (Å²) in [6.45, 7) is 5.22. The number of hydrogen-bond donors (Lipinski definition) is 1. The number of nitro groups is 1. The van der Waals surface area contributed by atoms with Gasteiger partial charge < -0.3 is 5.32 Å². The maximum atomic E-state index is 10.9. The number of nitrogens with zero attached hydrogens (tertiary/aromatic N) is 2. The molecule has 1 N–H and O–H groups in total. The molecule has 1 saturated heterocycles. The van der Waals surface area contributed by atoms with Gasteiger partial charge in [-0.1, -0.05) is 13.3 Å². The van der Waals surface area contributed by atoms with E-state index in [1.54, 1.807) is 18.2 Å². The van der Waals surface area contributed by atoms with Crippen molar-refractivity contribution in [2.75, 3.05) is 25.5 Å². The zero-order chi connectivity index (χ0) is 14.5. The van der Waals surface area contributed by atoms with E-state index in [1.165, 1.54) is 19.3 Å². The van der Waals surface area contributed by atoms with Gasteiger partial charge in [0.2, 0.25) is 0 Å². The summed E-state index contributed by atoms with van der Waals surface area (Å²) in [4.78, 5) is 13.0. The highest BCUT2D eigenvalue weighted by atomic mass is 16.6. The molecule has 1 aromatic carbocycles. The normalized spacial score (nSPS) is 19.2. The SMILES string of the molecule is CCCC1CCN(Cc2cc([N+](=O)[O-])ccc2NC)C1. The first-order valence-electron chi connectivity index (χ1n) is 7.31. The molecular formula is C15H23N3O2. The fourth-order valence-electron chi connectivity index (χ4n) is 3.01. The Balaban J connectivity index is 2.08. The van der Waals surface area contributed by atoms with Gasteiger partial charge in [-0.05, 0) is 36.9 Å². The van der Waals surface area contributed by atoms with Gasteiger partial charge in [-0.2, -0.15) is 0 Å². The minimum absolute atomic E-state index is 0.170. The third kappa shape index (κ3) is 3.48. The van der Waals surface area contributed by atoms with E-state index in [0.717, 1.165) is 36.8 Å². The summed E-state index contributed by atoms with van der Waals surface area (Å²) < 4.78 is 0. The summed E-state index contributed by atoms with van der Waals surface area (Å²) in [5, 5.41) is 14.0. The molecule has 1 aliphatic heterocycles. The summed E-state index contributed by atoms with van der Waals surface area (Å²) in [5.41, 5.74) is 2.16. The van der Waals surface area contributed by atoms with Crippen molar-refractivity contribution < 1.29 is 4.92 Å². The van der Waals surface area contributed by atoms with Crippen molar-refractivity contribution in [3.05, 3.63) is 33.9 Å². The topological polar surface area (TPSA) is 58.4 Å². The zero-order valence-electron chi connectivity index (χ0n) is 12.3. The second-order valence-electron chi connectivity index (χ2n) is 5.53. The highest BCUT2D eigenvalue weighted by molar-refractivity contribution is 5.55. The molecule has 5 heteroatoms. The fraction of sp³-hybridized carbons (Fsp3) is 0.600. The summed E-state index contributed by atoms with van der Waals surface area (Å²) in [5.74, 6) is 0.789. The number of nitro benzene ring substituents is 1. The number of anilines is 1. The third-order valence-corrected chi connectivity index (χ3v) is 4.03. The standard InChI is InChI=1S/C15H23N3O2/c1-3-4-12-7-8-17(10-12)11-13-9-14(18(19)20)5-6-15(13)16-2/h5-6,9,12,16H,3-4,7-8,10-11H2,1-2H3. The maximum Gasteiger partial charge on any atom is 0.269 e. The van der Waals surface area contributed by atoms with Crippen LogP contribution >= 0.6 is 0 Å². The predicted molar refractivity (Wildman–Crippen MR) is 80.9 cm³/mol. The minimum Gasteiger partial charge on any atom is -0.388 e. The molecule has 1 fully saturated rings. The summed E-state index contributed by atoms with van der Waals surface area (Å²) >= 11 is 0. The second kappa shape index (κ2) is 6.70. The number of likely N-dealkylation sites (tertiary alicyclic amines) is 1. The van der Waals surface area contributed by atoms with E-state index in [2.05, 4.69) is 17.1 Å². The van der Waals surface area contributed by atoms with Gasteiger partial charge in [-0.15, -0.1) is 0 Å². The van der Waals surface area contributed by atoms with E-state index in [1.807, 2.05) is 7.05 Å². The molecule has 0 bridgehead atoms. The van der Waals surface area contributed by atoms with Crippen LogP contribution in [0.4, 0.5) is 11.4 Å². The van der Waals surface area contributed by atoms with E-state index in [-0.39, 0.29) is 10.6 Å². The molecule has 5 nitrogen and oxygen atoms in total. The number of benzene rings is 1. The first-order valence-corrected chi connectivity index (χ1v) is 7.31. The molecule has 20 heavy (non-hydrogen) atoms. The Morgan fingerprint density at radius 1 is 1.50 bits per heavy atom. The molecule has 0 aromatic heterocycles. The lowest BCUT2D eigenvalue weighted by Gasteiger charge is -2.18. The lowest BCUT2D eigenvalue weighted by Crippen LogP contribution is -2.20. The van der Waals surface area contributed by atoms with Crippen LogP contribution in [0.1, 0.15) is 31.7 Å². The first kappa shape index (κ1) is 14.8. The Morgan fingerprint density at radius 2 is 2.30 bits per heavy atom. The Kier molecular flexibility index (Phi) is 4.95. The maximum absolute atomic E-state index is 10.9. The summed E-state index contributed by atoms with van der Waals surface area (Å²) in [7, 11) is 1.86. The number of hydrogen-bond acceptors (Lipinski definition) is 4. The Hall–Kier alpha value is -1.62. The largest absolute Gasteiger partial charge is 0.388 e. The number of rotatable bonds is 6. The van der Waals surface area contributed by atoms with E-state index in [9.17, 15) is 10.1 Å². The fourth-order valence-corrected chi connectivity index (χ4v) is 3.01. The van der Waals surface area contributed by atoms with Crippen LogP contribution in [0.3, 0.4) is 0 Å². The third-order valence-electron chi connectivity index (χ3n) is 4.03. The molecule has 1 aliphatic rings. The molecule has 1 unspecified atom stereocenters. The second-order valence-corrected chi connectivity index (χ2v) is 5.53. The Labute approximate surface area is 120 Å². The first-order chi connectivity index (χ1) is 9.63. The molecule has 0 radical (unpaired) electrons. The van der Waals surface area contributed by atoms with Crippen molar-refractivity contribution in [2.24, 2.45) is 5.92 Å². The molecule has 1 heterocycles. The Morgan fingerprint density at radius 3 is 2.95 bits per heavy atom. The number of nitrogens with one attached hydrogen (secondary N) is 1. The average molecular weight is 277 g/mol. The summed E-state index contributed by atoms with van der Waals surface area (Å²) in [6.07, 6.45) is 3.76. The molecule has 2 rings (SSSR count). The molecule has 0 amide bonds. The van der Waals surface area contributed by atoms with Crippen molar-refractivity contribution in [1.29, 1.82) is 0 Å². The van der Waals surface area contributed by atoms with E-state index >= 15 is 0 Å². The highest BCUT2D eigenvalue weighted by Gasteiger charge is 2.22. The van der Waals surface area contributed by atoms with Crippen molar-refractivity contribution in [3.63, 3.8) is 0 Å². The molecule has 110 valence electrons. The molecule has 1 atom stereocenters. The van der Waals surface area contributed by atoms with Gasteiger partial charge in [-0.25, -0.2) is 0 Å². The van der Waals surface area contributed by atoms with Gasteiger partial charge in [-0.3, -0.25) is 15.0 Å². The molecular weight excluding hydrogens is 254 g/mol. The van der Waals surface area contributed by atoms with Crippen molar-refractivity contribution in [3.8, 4) is 0 Å². The van der Waals surface area contributed by atoms with Crippen LogP contribution in [-0.2, 0) is 6.54 Å². The van der Waals surface area contributed by atoms with Crippen molar-refractivity contribution >= 4 is 11.4 Å². The molecule has 0 saturated carbocycles. The smallest absolute Gasteiger partial charge is 0.269 e.